The molecule has 0 radical (unpaired) electrons. The fourth-order valence-electron chi connectivity index (χ4n) is 1.77. The van der Waals surface area contributed by atoms with E-state index in [9.17, 15) is 20.0 Å². The number of carbonyl (C=O) groups is 1. The van der Waals surface area contributed by atoms with E-state index in [4.69, 9.17) is 13.9 Å². The molecule has 1 aromatic carbocycles. The quantitative estimate of drug-likeness (QED) is 0.561. The smallest absolute Gasteiger partial charge is 0.235 e. The highest BCUT2D eigenvalue weighted by atomic mass is 16.6. The summed E-state index contributed by atoms with van der Waals surface area (Å²) in [5.41, 5.74) is 0.572. The normalized spacial score (nSPS) is 10.7. The number of nitrogens with zero attached hydrogens (tertiary/aromatic N) is 1. The Labute approximate surface area is 130 Å². The molecule has 0 amide bonds. The molecule has 0 fully saturated rings. The van der Waals surface area contributed by atoms with Crippen LogP contribution in [0.3, 0.4) is 0 Å². The Hall–Kier alpha value is -3.29. The van der Waals surface area contributed by atoms with Gasteiger partial charge in [-0.1, -0.05) is 6.07 Å². The average Bonchev–Trinajstić information content (AvgIpc) is 3.00. The summed E-state index contributed by atoms with van der Waals surface area (Å²) >= 11 is 0. The molecule has 8 heteroatoms. The van der Waals surface area contributed by atoms with Gasteiger partial charge in [0.2, 0.25) is 6.20 Å². The molecule has 0 saturated heterocycles. The standard InChI is InChI=1S/C15H13NO7/c1-21-14-8-10(6-7-16(19)20)2-4-12(14)22-9-11-3-5-13(23-11)15(17)18/h2-8H,9H2,1H3,(H,17,18)/p-1/b7-6-. The van der Waals surface area contributed by atoms with Crippen molar-refractivity contribution in [1.29, 1.82) is 0 Å². The molecule has 0 atom stereocenters. The highest BCUT2D eigenvalue weighted by molar-refractivity contribution is 5.82. The van der Waals surface area contributed by atoms with Gasteiger partial charge in [0.05, 0.1) is 12.0 Å². The Morgan fingerprint density at radius 3 is 2.70 bits per heavy atom. The maximum atomic E-state index is 10.6. The summed E-state index contributed by atoms with van der Waals surface area (Å²) in [6.07, 6.45) is 2.14. The molecular formula is C15H12NO7-. The lowest BCUT2D eigenvalue weighted by Gasteiger charge is -2.10. The van der Waals surface area contributed by atoms with Crippen molar-refractivity contribution in [2.75, 3.05) is 7.11 Å². The molecule has 0 saturated carbocycles. The van der Waals surface area contributed by atoms with Crippen LogP contribution < -0.4 is 14.6 Å². The van der Waals surface area contributed by atoms with Crippen LogP contribution in [-0.2, 0) is 6.61 Å². The predicted octanol–water partition coefficient (Wildman–Crippen LogP) is 1.48. The molecule has 1 heterocycles. The first-order valence-corrected chi connectivity index (χ1v) is 6.42. The van der Waals surface area contributed by atoms with Crippen molar-refractivity contribution < 1.29 is 28.7 Å². The monoisotopic (exact) mass is 318 g/mol. The molecule has 0 bridgehead atoms. The molecule has 0 aliphatic carbocycles. The van der Waals surface area contributed by atoms with E-state index >= 15 is 0 Å². The van der Waals surface area contributed by atoms with E-state index in [-0.39, 0.29) is 12.4 Å². The second-order valence-electron chi connectivity index (χ2n) is 4.35. The third-order valence-electron chi connectivity index (χ3n) is 2.81. The van der Waals surface area contributed by atoms with Crippen LogP contribution in [0.4, 0.5) is 0 Å². The zero-order valence-electron chi connectivity index (χ0n) is 12.1. The minimum absolute atomic E-state index is 0.00623. The van der Waals surface area contributed by atoms with E-state index in [0.717, 1.165) is 6.20 Å². The number of carboxylic acids is 1. The van der Waals surface area contributed by atoms with E-state index in [2.05, 4.69) is 0 Å². The molecule has 23 heavy (non-hydrogen) atoms. The number of nitro groups is 1. The summed E-state index contributed by atoms with van der Waals surface area (Å²) in [4.78, 5) is 20.4. The maximum Gasteiger partial charge on any atom is 0.235 e. The van der Waals surface area contributed by atoms with Crippen LogP contribution in [0.2, 0.25) is 0 Å². The molecule has 0 spiro atoms. The molecule has 0 aliphatic rings. The van der Waals surface area contributed by atoms with Crippen LogP contribution in [0.5, 0.6) is 11.5 Å². The van der Waals surface area contributed by atoms with Crippen LogP contribution in [0.15, 0.2) is 40.9 Å². The van der Waals surface area contributed by atoms with Crippen LogP contribution in [0.1, 0.15) is 21.9 Å². The minimum Gasteiger partial charge on any atom is -0.542 e. The fourth-order valence-corrected chi connectivity index (χ4v) is 1.77. The number of benzene rings is 1. The molecule has 120 valence electrons. The number of methoxy groups -OCH3 is 1. The number of carbonyl (C=O) groups excluding carboxylic acids is 1. The summed E-state index contributed by atoms with van der Waals surface area (Å²) in [6.45, 7) is -0.00623. The number of ether oxygens (including phenoxy) is 2. The van der Waals surface area contributed by atoms with Crippen molar-refractivity contribution in [2.24, 2.45) is 0 Å². The van der Waals surface area contributed by atoms with Crippen LogP contribution in [-0.4, -0.2) is 18.0 Å². The third-order valence-corrected chi connectivity index (χ3v) is 2.81. The number of carboxylic acid groups (broad SMARTS) is 1. The van der Waals surface area contributed by atoms with Crippen molar-refractivity contribution in [2.45, 2.75) is 6.61 Å². The Bertz CT molecular complexity index is 748. The molecular weight excluding hydrogens is 306 g/mol. The van der Waals surface area contributed by atoms with Gasteiger partial charge in [-0.15, -0.1) is 0 Å². The lowest BCUT2D eigenvalue weighted by molar-refractivity contribution is -0.400. The van der Waals surface area contributed by atoms with Crippen molar-refractivity contribution in [3.8, 4) is 11.5 Å². The van der Waals surface area contributed by atoms with Crippen LogP contribution >= 0.6 is 0 Å². The first-order chi connectivity index (χ1) is 11.0. The zero-order chi connectivity index (χ0) is 16.8. The van der Waals surface area contributed by atoms with Gasteiger partial charge in [-0.25, -0.2) is 0 Å². The number of aromatic carboxylic acids is 1. The molecule has 2 rings (SSSR count). The highest BCUT2D eigenvalue weighted by Gasteiger charge is 2.08. The Balaban J connectivity index is 2.09. The minimum atomic E-state index is -1.41. The molecule has 2 aromatic rings. The van der Waals surface area contributed by atoms with Gasteiger partial charge in [-0.2, -0.15) is 0 Å². The SMILES string of the molecule is COc1cc(/C=C\[N+](=O)[O-])ccc1OCc1ccc(C(=O)[O-])o1. The van der Waals surface area contributed by atoms with E-state index in [0.29, 0.717) is 22.8 Å². The lowest BCUT2D eigenvalue weighted by Crippen LogP contribution is -2.21. The third kappa shape index (κ3) is 4.34. The van der Waals surface area contributed by atoms with Crippen molar-refractivity contribution >= 4 is 12.0 Å². The number of hydrogen-bond acceptors (Lipinski definition) is 7. The summed E-state index contributed by atoms with van der Waals surface area (Å²) < 4.78 is 15.7. The summed E-state index contributed by atoms with van der Waals surface area (Å²) in [7, 11) is 1.43. The van der Waals surface area contributed by atoms with E-state index in [1.54, 1.807) is 18.2 Å². The van der Waals surface area contributed by atoms with Crippen molar-refractivity contribution in [1.82, 2.24) is 0 Å². The second kappa shape index (κ2) is 7.12. The topological polar surface area (TPSA) is 115 Å². The average molecular weight is 318 g/mol. The first kappa shape index (κ1) is 16.1. The largest absolute Gasteiger partial charge is 0.542 e. The van der Waals surface area contributed by atoms with Gasteiger partial charge < -0.3 is 23.8 Å². The van der Waals surface area contributed by atoms with Gasteiger partial charge in [0.25, 0.3) is 0 Å². The van der Waals surface area contributed by atoms with E-state index in [1.807, 2.05) is 0 Å². The first-order valence-electron chi connectivity index (χ1n) is 6.42. The van der Waals surface area contributed by atoms with Gasteiger partial charge in [-0.05, 0) is 29.8 Å². The summed E-state index contributed by atoms with van der Waals surface area (Å²) in [6, 6.07) is 7.51. The predicted molar refractivity (Wildman–Crippen MR) is 76.4 cm³/mol. The van der Waals surface area contributed by atoms with E-state index in [1.165, 1.54) is 25.3 Å². The lowest BCUT2D eigenvalue weighted by atomic mass is 10.2. The Morgan fingerprint density at radius 1 is 1.30 bits per heavy atom. The van der Waals surface area contributed by atoms with Gasteiger partial charge in [0.1, 0.15) is 24.1 Å². The molecule has 0 N–H and O–H groups in total. The van der Waals surface area contributed by atoms with E-state index < -0.39 is 10.9 Å². The van der Waals surface area contributed by atoms with Gasteiger partial charge in [0, 0.05) is 6.08 Å². The number of rotatable bonds is 7. The summed E-state index contributed by atoms with van der Waals surface area (Å²) in [5, 5.41) is 20.9. The maximum absolute atomic E-state index is 10.6. The zero-order valence-corrected chi connectivity index (χ0v) is 12.1. The summed E-state index contributed by atoms with van der Waals surface area (Å²) in [5.74, 6) is -0.616. The Kier molecular flexibility index (Phi) is 4.98. The van der Waals surface area contributed by atoms with Crippen LogP contribution in [0.25, 0.3) is 6.08 Å². The van der Waals surface area contributed by atoms with Gasteiger partial charge in [-0.3, -0.25) is 10.1 Å². The highest BCUT2D eigenvalue weighted by Crippen LogP contribution is 2.29. The van der Waals surface area contributed by atoms with Crippen molar-refractivity contribution in [3.63, 3.8) is 0 Å². The van der Waals surface area contributed by atoms with Gasteiger partial charge in [0.15, 0.2) is 11.5 Å². The molecule has 0 unspecified atom stereocenters. The number of furan rings is 1. The second-order valence-corrected chi connectivity index (χ2v) is 4.35. The van der Waals surface area contributed by atoms with Crippen molar-refractivity contribution in [3.05, 3.63) is 63.7 Å². The molecule has 8 nitrogen and oxygen atoms in total. The molecule has 0 aliphatic heterocycles. The fraction of sp³-hybridized carbons (Fsp3) is 0.133. The Morgan fingerprint density at radius 2 is 2.09 bits per heavy atom. The number of hydrogen-bond donors (Lipinski definition) is 0. The van der Waals surface area contributed by atoms with Gasteiger partial charge >= 0.3 is 0 Å². The van der Waals surface area contributed by atoms with Crippen LogP contribution in [0, 0.1) is 10.1 Å². The molecule has 1 aromatic heterocycles.